The van der Waals surface area contributed by atoms with Crippen molar-refractivity contribution < 1.29 is 4.79 Å². The van der Waals surface area contributed by atoms with E-state index in [1.807, 2.05) is 6.26 Å². The van der Waals surface area contributed by atoms with E-state index in [9.17, 15) is 4.79 Å². The van der Waals surface area contributed by atoms with Crippen LogP contribution >= 0.6 is 23.5 Å². The second-order valence-electron chi connectivity index (χ2n) is 7.13. The lowest BCUT2D eigenvalue weighted by Crippen LogP contribution is -2.23. The average molecular weight is 390 g/mol. The van der Waals surface area contributed by atoms with Gasteiger partial charge >= 0.3 is 0 Å². The summed E-state index contributed by atoms with van der Waals surface area (Å²) in [5.74, 6) is 2.00. The van der Waals surface area contributed by atoms with Gasteiger partial charge in [0, 0.05) is 17.1 Å². The third kappa shape index (κ3) is 6.55. The Morgan fingerprint density at radius 1 is 1.42 bits per heavy atom. The predicted octanol–water partition coefficient (Wildman–Crippen LogP) is 6.21. The maximum absolute atomic E-state index is 12.3. The first-order chi connectivity index (χ1) is 12.5. The zero-order valence-corrected chi connectivity index (χ0v) is 18.0. The lowest BCUT2D eigenvalue weighted by Gasteiger charge is -2.18. The third-order valence-corrected chi connectivity index (χ3v) is 6.34. The molecule has 4 heteroatoms. The number of hydrogen-bond acceptors (Lipinski definition) is 3. The van der Waals surface area contributed by atoms with Crippen LogP contribution in [0.3, 0.4) is 0 Å². The molecular weight excluding hydrogens is 358 g/mol. The summed E-state index contributed by atoms with van der Waals surface area (Å²) in [6, 6.07) is 0. The Bertz CT molecular complexity index is 653. The minimum atomic E-state index is 0.122. The van der Waals surface area contributed by atoms with E-state index in [0.29, 0.717) is 18.3 Å². The first kappa shape index (κ1) is 21.2. The highest BCUT2D eigenvalue weighted by atomic mass is 32.2. The van der Waals surface area contributed by atoms with E-state index < -0.39 is 0 Å². The molecule has 1 heterocycles. The van der Waals surface area contributed by atoms with E-state index in [2.05, 4.69) is 62.5 Å². The van der Waals surface area contributed by atoms with E-state index in [1.54, 1.807) is 23.5 Å². The maximum atomic E-state index is 12.3. The highest BCUT2D eigenvalue weighted by Crippen LogP contribution is 2.39. The van der Waals surface area contributed by atoms with Gasteiger partial charge in [-0.25, -0.2) is 0 Å². The molecule has 2 rings (SSSR count). The van der Waals surface area contributed by atoms with Gasteiger partial charge in [-0.05, 0) is 48.5 Å². The van der Waals surface area contributed by atoms with Gasteiger partial charge in [0.2, 0.25) is 5.91 Å². The standard InChI is InChI=1S/C22H31NOS2/c1-16(2)19-12-7-13-20(18-10-5-8-17(3)9-6-11-18)26-22(19)23-21(24)14-15-25-4/h5-6,8,10-11,13,16-17H,7,9,12,14-15H2,1-4H3,(H,23,24). The van der Waals surface area contributed by atoms with Crippen LogP contribution in [0.5, 0.6) is 0 Å². The maximum Gasteiger partial charge on any atom is 0.225 e. The second kappa shape index (κ2) is 10.9. The molecule has 2 nitrogen and oxygen atoms in total. The number of nitrogens with one attached hydrogen (secondary N) is 1. The molecule has 142 valence electrons. The lowest BCUT2D eigenvalue weighted by atomic mass is 9.98. The Labute approximate surface area is 167 Å². The first-order valence-electron chi connectivity index (χ1n) is 9.46. The van der Waals surface area contributed by atoms with Crippen LogP contribution in [0.1, 0.15) is 46.5 Å². The van der Waals surface area contributed by atoms with Crippen molar-refractivity contribution in [3.05, 3.63) is 57.5 Å². The van der Waals surface area contributed by atoms with Crippen LogP contribution in [0, 0.1) is 11.8 Å². The number of carbonyl (C=O) groups is 1. The second-order valence-corrected chi connectivity index (χ2v) is 9.17. The normalized spacial score (nSPS) is 21.0. The molecule has 26 heavy (non-hydrogen) atoms. The van der Waals surface area contributed by atoms with E-state index in [-0.39, 0.29) is 5.91 Å². The lowest BCUT2D eigenvalue weighted by molar-refractivity contribution is -0.119. The summed E-state index contributed by atoms with van der Waals surface area (Å²) in [7, 11) is 0. The van der Waals surface area contributed by atoms with Crippen molar-refractivity contribution in [3.8, 4) is 0 Å². The molecule has 0 fully saturated rings. The minimum absolute atomic E-state index is 0.122. The van der Waals surface area contributed by atoms with Crippen molar-refractivity contribution in [2.75, 3.05) is 12.0 Å². The van der Waals surface area contributed by atoms with Crippen LogP contribution in [-0.4, -0.2) is 17.9 Å². The van der Waals surface area contributed by atoms with Crippen molar-refractivity contribution in [1.29, 1.82) is 0 Å². The Balaban J connectivity index is 2.23. The molecule has 2 aliphatic rings. The average Bonchev–Trinajstić information content (AvgIpc) is 2.78. The molecule has 0 aromatic rings. The quantitative estimate of drug-likeness (QED) is 0.585. The number of hydrogen-bond donors (Lipinski definition) is 1. The van der Waals surface area contributed by atoms with Crippen LogP contribution in [0.25, 0.3) is 0 Å². The number of carbonyl (C=O) groups excluding carboxylic acids is 1. The molecule has 0 aromatic heterocycles. The Morgan fingerprint density at radius 2 is 2.23 bits per heavy atom. The van der Waals surface area contributed by atoms with Gasteiger partial charge in [0.1, 0.15) is 0 Å². The van der Waals surface area contributed by atoms with E-state index >= 15 is 0 Å². The first-order valence-corrected chi connectivity index (χ1v) is 11.7. The van der Waals surface area contributed by atoms with E-state index in [1.165, 1.54) is 16.1 Å². The largest absolute Gasteiger partial charge is 0.320 e. The Kier molecular flexibility index (Phi) is 8.86. The van der Waals surface area contributed by atoms with E-state index in [4.69, 9.17) is 0 Å². The summed E-state index contributed by atoms with van der Waals surface area (Å²) in [4.78, 5) is 13.6. The molecule has 0 bridgehead atoms. The van der Waals surface area contributed by atoms with Crippen molar-refractivity contribution in [2.45, 2.75) is 46.5 Å². The van der Waals surface area contributed by atoms with E-state index in [0.717, 1.165) is 30.0 Å². The fourth-order valence-corrected chi connectivity index (χ4v) is 4.66. The molecule has 0 saturated heterocycles. The smallest absolute Gasteiger partial charge is 0.225 e. The molecular formula is C22H31NOS2. The van der Waals surface area contributed by atoms with Crippen LogP contribution < -0.4 is 5.32 Å². The van der Waals surface area contributed by atoms with Crippen molar-refractivity contribution in [1.82, 2.24) is 5.32 Å². The molecule has 1 atom stereocenters. The van der Waals surface area contributed by atoms with Gasteiger partial charge in [-0.15, -0.1) is 0 Å². The summed E-state index contributed by atoms with van der Waals surface area (Å²) in [5.41, 5.74) is 2.59. The van der Waals surface area contributed by atoms with Crippen molar-refractivity contribution in [2.24, 2.45) is 11.8 Å². The zero-order valence-electron chi connectivity index (χ0n) is 16.4. The summed E-state index contributed by atoms with van der Waals surface area (Å²) in [5, 5.41) is 4.25. The highest BCUT2D eigenvalue weighted by molar-refractivity contribution is 8.07. The fraction of sp³-hybridized carbons (Fsp3) is 0.500. The molecule has 1 N–H and O–H groups in total. The summed E-state index contributed by atoms with van der Waals surface area (Å²) >= 11 is 3.43. The monoisotopic (exact) mass is 389 g/mol. The van der Waals surface area contributed by atoms with Crippen LogP contribution in [0.4, 0.5) is 0 Å². The van der Waals surface area contributed by atoms with Crippen molar-refractivity contribution in [3.63, 3.8) is 0 Å². The molecule has 1 amide bonds. The Hall–Kier alpha value is -1.13. The van der Waals surface area contributed by atoms with Crippen LogP contribution in [0.15, 0.2) is 57.5 Å². The number of thioether (sulfide) groups is 2. The summed E-state index contributed by atoms with van der Waals surface area (Å²) in [6.45, 7) is 6.67. The number of rotatable bonds is 6. The van der Waals surface area contributed by atoms with Gasteiger partial charge in [-0.1, -0.05) is 69.0 Å². The van der Waals surface area contributed by atoms with Crippen LogP contribution in [-0.2, 0) is 4.79 Å². The highest BCUT2D eigenvalue weighted by Gasteiger charge is 2.19. The number of allylic oxidation sites excluding steroid dienone is 8. The third-order valence-electron chi connectivity index (χ3n) is 4.54. The molecule has 0 aromatic carbocycles. The summed E-state index contributed by atoms with van der Waals surface area (Å²) in [6.07, 6.45) is 19.1. The molecule has 0 radical (unpaired) electrons. The fourth-order valence-electron chi connectivity index (χ4n) is 2.96. The molecule has 1 unspecified atom stereocenters. The van der Waals surface area contributed by atoms with Gasteiger partial charge in [0.25, 0.3) is 0 Å². The minimum Gasteiger partial charge on any atom is -0.320 e. The molecule has 1 aliphatic carbocycles. The SMILES string of the molecule is CSCCC(=O)NC1=C(C(C)C)CCC=C(C2=CC=CC(C)CC=C2)S1. The van der Waals surface area contributed by atoms with Crippen molar-refractivity contribution >= 4 is 29.4 Å². The van der Waals surface area contributed by atoms with Gasteiger partial charge in [-0.3, -0.25) is 4.79 Å². The molecule has 0 spiro atoms. The van der Waals surface area contributed by atoms with Crippen LogP contribution in [0.2, 0.25) is 0 Å². The molecule has 0 saturated carbocycles. The van der Waals surface area contributed by atoms with Gasteiger partial charge in [-0.2, -0.15) is 11.8 Å². The van der Waals surface area contributed by atoms with Gasteiger partial charge < -0.3 is 5.32 Å². The molecule has 1 aliphatic heterocycles. The van der Waals surface area contributed by atoms with Gasteiger partial charge in [0.15, 0.2) is 0 Å². The zero-order chi connectivity index (χ0) is 18.9. The van der Waals surface area contributed by atoms with Gasteiger partial charge in [0.05, 0.1) is 5.03 Å². The topological polar surface area (TPSA) is 29.1 Å². The predicted molar refractivity (Wildman–Crippen MR) is 118 cm³/mol. The summed E-state index contributed by atoms with van der Waals surface area (Å²) < 4.78 is 0. The number of amides is 1. The Morgan fingerprint density at radius 3 is 2.96 bits per heavy atom.